The molecule has 0 fully saturated rings. The van der Waals surface area contributed by atoms with Crippen LogP contribution in [0.1, 0.15) is 5.56 Å². The second-order valence-corrected chi connectivity index (χ2v) is 4.89. The summed E-state index contributed by atoms with van der Waals surface area (Å²) in [5, 5.41) is 0. The number of aryl methyl sites for hydroxylation is 1. The first kappa shape index (κ1) is 15.0. The minimum atomic E-state index is -0.563. The molecule has 21 heavy (non-hydrogen) atoms. The molecule has 110 valence electrons. The van der Waals surface area contributed by atoms with E-state index in [0.717, 1.165) is 5.56 Å². The zero-order valence-electron chi connectivity index (χ0n) is 11.5. The summed E-state index contributed by atoms with van der Waals surface area (Å²) in [5.41, 5.74) is 5.15. The van der Waals surface area contributed by atoms with Crippen molar-refractivity contribution in [2.45, 2.75) is 6.54 Å². The van der Waals surface area contributed by atoms with Crippen molar-refractivity contribution in [2.24, 2.45) is 12.8 Å². The first-order valence-electron chi connectivity index (χ1n) is 6.28. The van der Waals surface area contributed by atoms with Crippen molar-refractivity contribution >= 4 is 17.2 Å². The van der Waals surface area contributed by atoms with Crippen molar-refractivity contribution in [3.8, 4) is 5.75 Å². The third-order valence-corrected chi connectivity index (χ3v) is 3.21. The number of rotatable bonds is 5. The lowest BCUT2D eigenvalue weighted by molar-refractivity contribution is 0.295. The number of nitrogens with zero attached hydrogens (tertiary/aromatic N) is 2. The van der Waals surface area contributed by atoms with E-state index in [9.17, 15) is 9.59 Å². The zero-order valence-corrected chi connectivity index (χ0v) is 12.3. The van der Waals surface area contributed by atoms with Crippen molar-refractivity contribution in [2.75, 3.05) is 6.61 Å². The lowest BCUT2D eigenvalue weighted by Gasteiger charge is -2.09. The van der Waals surface area contributed by atoms with Gasteiger partial charge in [0.15, 0.2) is 0 Å². The van der Waals surface area contributed by atoms with Gasteiger partial charge in [0.25, 0.3) is 0 Å². The monoisotopic (exact) mass is 305 g/mol. The Labute approximate surface area is 126 Å². The van der Waals surface area contributed by atoms with Gasteiger partial charge in [0.05, 0.1) is 6.54 Å². The Morgan fingerprint density at radius 2 is 1.86 bits per heavy atom. The fourth-order valence-corrected chi connectivity index (χ4v) is 1.88. The SMILES string of the molecule is Cn1ccn(CCOc2ccc(C(N)=S)cc2)c(=O)c1=O. The smallest absolute Gasteiger partial charge is 0.316 e. The molecule has 0 saturated carbocycles. The number of aromatic nitrogens is 2. The molecule has 2 aromatic rings. The molecule has 1 heterocycles. The maximum absolute atomic E-state index is 11.7. The van der Waals surface area contributed by atoms with E-state index >= 15 is 0 Å². The number of hydrogen-bond donors (Lipinski definition) is 1. The van der Waals surface area contributed by atoms with E-state index < -0.39 is 11.1 Å². The fourth-order valence-electron chi connectivity index (χ4n) is 1.74. The van der Waals surface area contributed by atoms with Crippen molar-refractivity contribution in [3.05, 3.63) is 62.9 Å². The van der Waals surface area contributed by atoms with Crippen LogP contribution in [0, 0.1) is 0 Å². The molecule has 0 spiro atoms. The Balaban J connectivity index is 1.99. The Kier molecular flexibility index (Phi) is 4.54. The summed E-state index contributed by atoms with van der Waals surface area (Å²) in [7, 11) is 1.54. The molecule has 0 aliphatic rings. The number of hydrogen-bond acceptors (Lipinski definition) is 4. The molecule has 7 heteroatoms. The molecule has 0 saturated heterocycles. The minimum Gasteiger partial charge on any atom is -0.492 e. The number of benzene rings is 1. The molecule has 2 N–H and O–H groups in total. The van der Waals surface area contributed by atoms with Crippen LogP contribution in [-0.4, -0.2) is 20.7 Å². The Morgan fingerprint density at radius 1 is 1.19 bits per heavy atom. The van der Waals surface area contributed by atoms with E-state index in [2.05, 4.69) is 0 Å². The van der Waals surface area contributed by atoms with Gasteiger partial charge in [0.1, 0.15) is 17.3 Å². The van der Waals surface area contributed by atoms with Gasteiger partial charge in [-0.2, -0.15) is 0 Å². The van der Waals surface area contributed by atoms with Gasteiger partial charge in [-0.05, 0) is 24.3 Å². The summed E-state index contributed by atoms with van der Waals surface area (Å²) < 4.78 is 8.09. The first-order valence-corrected chi connectivity index (χ1v) is 6.68. The standard InChI is InChI=1S/C14H15N3O3S/c1-16-6-7-17(14(19)13(16)18)8-9-20-11-4-2-10(3-5-11)12(15)21/h2-7H,8-9H2,1H3,(H2,15,21). The predicted octanol–water partition coefficient (Wildman–Crippen LogP) is 0.260. The average molecular weight is 305 g/mol. The lowest BCUT2D eigenvalue weighted by atomic mass is 10.2. The van der Waals surface area contributed by atoms with Gasteiger partial charge in [-0.3, -0.25) is 9.59 Å². The van der Waals surface area contributed by atoms with Gasteiger partial charge < -0.3 is 19.6 Å². The van der Waals surface area contributed by atoms with Crippen LogP contribution in [0.25, 0.3) is 0 Å². The van der Waals surface area contributed by atoms with Gasteiger partial charge in [-0.15, -0.1) is 0 Å². The van der Waals surface area contributed by atoms with Crippen LogP contribution in [-0.2, 0) is 13.6 Å². The van der Waals surface area contributed by atoms with Crippen LogP contribution >= 0.6 is 12.2 Å². The number of nitrogens with two attached hydrogens (primary N) is 1. The zero-order chi connectivity index (χ0) is 15.4. The van der Waals surface area contributed by atoms with E-state index in [4.69, 9.17) is 22.7 Å². The normalized spacial score (nSPS) is 10.3. The van der Waals surface area contributed by atoms with Crippen LogP contribution in [0.3, 0.4) is 0 Å². The molecule has 2 rings (SSSR count). The molecule has 0 aliphatic carbocycles. The first-order chi connectivity index (χ1) is 9.99. The third kappa shape index (κ3) is 3.57. The molecule has 1 aromatic heterocycles. The maximum atomic E-state index is 11.7. The van der Waals surface area contributed by atoms with Crippen molar-refractivity contribution in [3.63, 3.8) is 0 Å². The summed E-state index contributed by atoms with van der Waals surface area (Å²) in [6, 6.07) is 7.03. The van der Waals surface area contributed by atoms with Crippen LogP contribution in [0.5, 0.6) is 5.75 Å². The number of thiocarbonyl (C=S) groups is 1. The molecule has 0 atom stereocenters. The van der Waals surface area contributed by atoms with Crippen molar-refractivity contribution < 1.29 is 4.74 Å². The van der Waals surface area contributed by atoms with Crippen molar-refractivity contribution in [1.29, 1.82) is 0 Å². The topological polar surface area (TPSA) is 79.2 Å². The highest BCUT2D eigenvalue weighted by Gasteiger charge is 2.03. The molecule has 0 amide bonds. The van der Waals surface area contributed by atoms with Crippen LogP contribution < -0.4 is 21.6 Å². The van der Waals surface area contributed by atoms with Gasteiger partial charge in [0, 0.05) is 25.0 Å². The van der Waals surface area contributed by atoms with Crippen LogP contribution in [0.15, 0.2) is 46.2 Å². The second-order valence-electron chi connectivity index (χ2n) is 4.45. The Hall–Kier alpha value is -2.41. The van der Waals surface area contributed by atoms with Crippen LogP contribution in [0.4, 0.5) is 0 Å². The third-order valence-electron chi connectivity index (χ3n) is 2.97. The van der Waals surface area contributed by atoms with Crippen molar-refractivity contribution in [1.82, 2.24) is 9.13 Å². The second kappa shape index (κ2) is 6.36. The molecule has 0 radical (unpaired) electrons. The number of ether oxygens (including phenoxy) is 1. The molecule has 0 bridgehead atoms. The quantitative estimate of drug-likeness (QED) is 0.633. The summed E-state index contributed by atoms with van der Waals surface area (Å²) >= 11 is 4.86. The van der Waals surface area contributed by atoms with Gasteiger partial charge in [-0.25, -0.2) is 0 Å². The van der Waals surface area contributed by atoms with Gasteiger partial charge in [-0.1, -0.05) is 12.2 Å². The molecule has 1 aromatic carbocycles. The fraction of sp³-hybridized carbons (Fsp3) is 0.214. The van der Waals surface area contributed by atoms with E-state index in [0.29, 0.717) is 17.3 Å². The van der Waals surface area contributed by atoms with Crippen LogP contribution in [0.2, 0.25) is 0 Å². The maximum Gasteiger partial charge on any atom is 0.316 e. The lowest BCUT2D eigenvalue weighted by Crippen LogP contribution is -2.40. The predicted molar refractivity (Wildman–Crippen MR) is 83.8 cm³/mol. The Bertz CT molecular complexity index is 762. The summed E-state index contributed by atoms with van der Waals surface area (Å²) in [5.74, 6) is 0.645. The summed E-state index contributed by atoms with van der Waals surface area (Å²) in [6.45, 7) is 0.575. The molecule has 0 aliphatic heterocycles. The van der Waals surface area contributed by atoms with E-state index in [1.807, 2.05) is 0 Å². The largest absolute Gasteiger partial charge is 0.492 e. The molecular weight excluding hydrogens is 290 g/mol. The summed E-state index contributed by atoms with van der Waals surface area (Å²) in [4.78, 5) is 23.5. The highest BCUT2D eigenvalue weighted by molar-refractivity contribution is 7.80. The van der Waals surface area contributed by atoms with Gasteiger partial charge >= 0.3 is 11.1 Å². The summed E-state index contributed by atoms with van der Waals surface area (Å²) in [6.07, 6.45) is 3.10. The minimum absolute atomic E-state index is 0.277. The molecule has 6 nitrogen and oxygen atoms in total. The molecular formula is C14H15N3O3S. The van der Waals surface area contributed by atoms with Gasteiger partial charge in [0.2, 0.25) is 0 Å². The molecule has 0 unspecified atom stereocenters. The Morgan fingerprint density at radius 3 is 2.48 bits per heavy atom. The van der Waals surface area contributed by atoms with E-state index in [1.54, 1.807) is 36.7 Å². The highest BCUT2D eigenvalue weighted by Crippen LogP contribution is 2.11. The van der Waals surface area contributed by atoms with E-state index in [-0.39, 0.29) is 6.61 Å². The van der Waals surface area contributed by atoms with E-state index in [1.165, 1.54) is 16.2 Å². The average Bonchev–Trinajstić information content (AvgIpc) is 2.48. The highest BCUT2D eigenvalue weighted by atomic mass is 32.1.